The molecule has 3 N–H and O–H groups in total. The van der Waals surface area contributed by atoms with Crippen molar-refractivity contribution in [2.24, 2.45) is 5.14 Å². The monoisotopic (exact) mass is 384 g/mol. The molecule has 0 aliphatic carbocycles. The molecule has 138 valence electrons. The molecule has 3 rings (SSSR count). The molecule has 0 bridgehead atoms. The maximum Gasteiger partial charge on any atom is 0.586 e. The first-order valence-electron chi connectivity index (χ1n) is 7.44. The Morgan fingerprint density at radius 3 is 2.38 bits per heavy atom. The molecule has 0 aromatic heterocycles. The number of halogens is 2. The number of carbonyl (C=O) groups is 1. The predicted molar refractivity (Wildman–Crippen MR) is 86.5 cm³/mol. The number of hydrogen-bond acceptors (Lipinski definition) is 5. The van der Waals surface area contributed by atoms with Gasteiger partial charge in [-0.1, -0.05) is 12.1 Å². The molecule has 0 radical (unpaired) electrons. The summed E-state index contributed by atoms with van der Waals surface area (Å²) in [6.45, 7) is 0.262. The molecule has 1 amide bonds. The number of amides is 1. The van der Waals surface area contributed by atoms with Gasteiger partial charge in [0.25, 0.3) is 5.91 Å². The third-order valence-electron chi connectivity index (χ3n) is 3.61. The molecular formula is C16H14F2N2O5S. The van der Waals surface area contributed by atoms with Crippen molar-refractivity contribution >= 4 is 15.9 Å². The molecule has 0 spiro atoms. The highest BCUT2D eigenvalue weighted by Gasteiger charge is 2.43. The third kappa shape index (κ3) is 4.09. The minimum absolute atomic E-state index is 0.00227. The van der Waals surface area contributed by atoms with Crippen molar-refractivity contribution in [1.29, 1.82) is 0 Å². The second-order valence-corrected chi connectivity index (χ2v) is 7.09. The highest BCUT2D eigenvalue weighted by atomic mass is 32.2. The zero-order chi connectivity index (χ0) is 18.9. The van der Waals surface area contributed by atoms with Crippen LogP contribution in [0.2, 0.25) is 0 Å². The first-order valence-corrected chi connectivity index (χ1v) is 8.98. The van der Waals surface area contributed by atoms with E-state index in [1.165, 1.54) is 30.3 Å². The Labute approximate surface area is 147 Å². The Bertz CT molecular complexity index is 946. The molecule has 1 aliphatic rings. The van der Waals surface area contributed by atoms with Crippen LogP contribution in [-0.2, 0) is 16.4 Å². The number of rotatable bonds is 5. The summed E-state index contributed by atoms with van der Waals surface area (Å²) in [6.07, 6.45) is -3.29. The Morgan fingerprint density at radius 1 is 1.08 bits per heavy atom. The average molecular weight is 384 g/mol. The minimum atomic E-state index is -3.75. The smallest absolute Gasteiger partial charge is 0.395 e. The van der Waals surface area contributed by atoms with E-state index >= 15 is 0 Å². The third-order valence-corrected chi connectivity index (χ3v) is 4.54. The van der Waals surface area contributed by atoms with Crippen molar-refractivity contribution in [3.05, 3.63) is 53.6 Å². The summed E-state index contributed by atoms with van der Waals surface area (Å²) in [7, 11) is -3.75. The van der Waals surface area contributed by atoms with Crippen molar-refractivity contribution in [1.82, 2.24) is 5.32 Å². The Balaban J connectivity index is 1.57. The van der Waals surface area contributed by atoms with Crippen LogP contribution in [0, 0.1) is 0 Å². The van der Waals surface area contributed by atoms with Crippen LogP contribution in [0.1, 0.15) is 15.9 Å². The first kappa shape index (κ1) is 18.1. The summed E-state index contributed by atoms with van der Waals surface area (Å²) in [5, 5.41) is 7.65. The van der Waals surface area contributed by atoms with Gasteiger partial charge in [0, 0.05) is 12.1 Å². The summed E-state index contributed by atoms with van der Waals surface area (Å²) in [5.41, 5.74) is 0.942. The van der Waals surface area contributed by atoms with Crippen LogP contribution in [0.4, 0.5) is 8.78 Å². The maximum atomic E-state index is 13.0. The Morgan fingerprint density at radius 2 is 1.73 bits per heavy atom. The van der Waals surface area contributed by atoms with E-state index in [-0.39, 0.29) is 28.5 Å². The summed E-state index contributed by atoms with van der Waals surface area (Å²) in [5.74, 6) is -0.810. The molecule has 2 aromatic rings. The molecule has 0 atom stereocenters. The van der Waals surface area contributed by atoms with E-state index in [0.29, 0.717) is 6.42 Å². The number of carbonyl (C=O) groups excluding carboxylic acids is 1. The molecule has 2 aromatic carbocycles. The van der Waals surface area contributed by atoms with Crippen molar-refractivity contribution < 1.29 is 31.5 Å². The molecule has 26 heavy (non-hydrogen) atoms. The van der Waals surface area contributed by atoms with Crippen molar-refractivity contribution in [2.45, 2.75) is 17.6 Å². The lowest BCUT2D eigenvalue weighted by Crippen LogP contribution is -2.26. The fourth-order valence-electron chi connectivity index (χ4n) is 2.36. The van der Waals surface area contributed by atoms with Gasteiger partial charge in [-0.15, -0.1) is 8.78 Å². The van der Waals surface area contributed by atoms with Gasteiger partial charge in [0.15, 0.2) is 11.5 Å². The SMILES string of the molecule is NS(=O)(=O)c1ccc(CCNC(=O)c2ccc3c(c2)OC(F)(F)O3)cc1. The fraction of sp³-hybridized carbons (Fsp3) is 0.188. The van der Waals surface area contributed by atoms with Gasteiger partial charge in [-0.3, -0.25) is 4.79 Å². The van der Waals surface area contributed by atoms with Crippen LogP contribution in [0.3, 0.4) is 0 Å². The Kier molecular flexibility index (Phi) is 4.55. The molecule has 0 fully saturated rings. The second-order valence-electron chi connectivity index (χ2n) is 5.52. The summed E-state index contributed by atoms with van der Waals surface area (Å²) in [6, 6.07) is 9.70. The molecule has 10 heteroatoms. The summed E-state index contributed by atoms with van der Waals surface area (Å²) in [4.78, 5) is 12.1. The van der Waals surface area contributed by atoms with E-state index in [4.69, 9.17) is 5.14 Å². The highest BCUT2D eigenvalue weighted by Crippen LogP contribution is 2.41. The van der Waals surface area contributed by atoms with Crippen molar-refractivity contribution in [2.75, 3.05) is 6.54 Å². The van der Waals surface area contributed by atoms with Crippen LogP contribution >= 0.6 is 0 Å². The number of fused-ring (bicyclic) bond motifs is 1. The molecule has 1 heterocycles. The number of alkyl halides is 2. The molecule has 7 nitrogen and oxygen atoms in total. The lowest BCUT2D eigenvalue weighted by Gasteiger charge is -2.07. The molecule has 0 saturated heterocycles. The number of benzene rings is 2. The number of ether oxygens (including phenoxy) is 2. The van der Waals surface area contributed by atoms with Gasteiger partial charge < -0.3 is 14.8 Å². The number of primary sulfonamides is 1. The normalized spacial score (nSPS) is 14.9. The quantitative estimate of drug-likeness (QED) is 0.815. The van der Waals surface area contributed by atoms with Gasteiger partial charge in [-0.2, -0.15) is 0 Å². The van der Waals surface area contributed by atoms with Gasteiger partial charge in [0.2, 0.25) is 10.0 Å². The van der Waals surface area contributed by atoms with Gasteiger partial charge in [-0.25, -0.2) is 13.6 Å². The number of hydrogen-bond donors (Lipinski definition) is 2. The molecule has 1 aliphatic heterocycles. The number of nitrogens with two attached hydrogens (primary N) is 1. The van der Waals surface area contributed by atoms with Gasteiger partial charge in [0.1, 0.15) is 0 Å². The average Bonchev–Trinajstić information content (AvgIpc) is 2.87. The highest BCUT2D eigenvalue weighted by molar-refractivity contribution is 7.89. The molecule has 0 unspecified atom stereocenters. The van der Waals surface area contributed by atoms with Crippen LogP contribution in [0.15, 0.2) is 47.4 Å². The van der Waals surface area contributed by atoms with Gasteiger partial charge in [-0.05, 0) is 42.3 Å². The van der Waals surface area contributed by atoms with E-state index in [1.54, 1.807) is 12.1 Å². The minimum Gasteiger partial charge on any atom is -0.395 e. The second kappa shape index (κ2) is 6.54. The summed E-state index contributed by atoms with van der Waals surface area (Å²) < 4.78 is 56.9. The first-order chi connectivity index (χ1) is 12.1. The Hall–Kier alpha value is -2.72. The largest absolute Gasteiger partial charge is 0.586 e. The predicted octanol–water partition coefficient (Wildman–Crippen LogP) is 1.63. The van der Waals surface area contributed by atoms with Gasteiger partial charge in [0.05, 0.1) is 4.90 Å². The molecule has 0 saturated carbocycles. The lowest BCUT2D eigenvalue weighted by molar-refractivity contribution is -0.286. The van der Waals surface area contributed by atoms with Crippen LogP contribution in [0.25, 0.3) is 0 Å². The van der Waals surface area contributed by atoms with E-state index in [2.05, 4.69) is 14.8 Å². The summed E-state index contributed by atoms with van der Waals surface area (Å²) >= 11 is 0. The zero-order valence-corrected chi connectivity index (χ0v) is 14.1. The van der Waals surface area contributed by atoms with E-state index in [1.807, 2.05) is 0 Å². The maximum absolute atomic E-state index is 13.0. The fourth-order valence-corrected chi connectivity index (χ4v) is 2.87. The lowest BCUT2D eigenvalue weighted by atomic mass is 10.1. The number of nitrogens with one attached hydrogen (secondary N) is 1. The van der Waals surface area contributed by atoms with Crippen LogP contribution < -0.4 is 19.9 Å². The molecular weight excluding hydrogens is 370 g/mol. The van der Waals surface area contributed by atoms with E-state index in [9.17, 15) is 22.0 Å². The van der Waals surface area contributed by atoms with E-state index < -0.39 is 22.2 Å². The van der Waals surface area contributed by atoms with Crippen LogP contribution in [-0.4, -0.2) is 27.2 Å². The topological polar surface area (TPSA) is 108 Å². The van der Waals surface area contributed by atoms with Crippen LogP contribution in [0.5, 0.6) is 11.5 Å². The van der Waals surface area contributed by atoms with Crippen molar-refractivity contribution in [3.8, 4) is 11.5 Å². The van der Waals surface area contributed by atoms with Gasteiger partial charge >= 0.3 is 6.29 Å². The van der Waals surface area contributed by atoms with Crippen molar-refractivity contribution in [3.63, 3.8) is 0 Å². The standard InChI is InChI=1S/C16H14F2N2O5S/c17-16(18)24-13-6-3-11(9-14(13)25-16)15(21)20-8-7-10-1-4-12(5-2-10)26(19,22)23/h1-6,9H,7-8H2,(H,20,21)(H2,19,22,23). The number of sulfonamides is 1. The zero-order valence-electron chi connectivity index (χ0n) is 13.2. The van der Waals surface area contributed by atoms with E-state index in [0.717, 1.165) is 5.56 Å².